The van der Waals surface area contributed by atoms with Crippen molar-refractivity contribution in [2.45, 2.75) is 25.3 Å². The number of imide groups is 1. The summed E-state index contributed by atoms with van der Waals surface area (Å²) in [6.07, 6.45) is 4.19. The Balaban J connectivity index is 1.53. The maximum Gasteiger partial charge on any atom is 0.336 e. The molecule has 7 heteroatoms. The van der Waals surface area contributed by atoms with Crippen molar-refractivity contribution in [3.05, 3.63) is 58.3 Å². The van der Waals surface area contributed by atoms with Crippen molar-refractivity contribution < 1.29 is 19.1 Å². The first kappa shape index (κ1) is 17.9. The number of hydrogen-bond donors (Lipinski definition) is 2. The Hall–Kier alpha value is -2.93. The molecule has 1 atom stereocenters. The van der Waals surface area contributed by atoms with Crippen LogP contribution in [0.3, 0.4) is 0 Å². The Bertz CT molecular complexity index is 843. The number of amides is 3. The van der Waals surface area contributed by atoms with Gasteiger partial charge in [0.2, 0.25) is 0 Å². The van der Waals surface area contributed by atoms with Gasteiger partial charge in [0.05, 0.1) is 0 Å². The second-order valence-corrected chi connectivity index (χ2v) is 7.13. The summed E-state index contributed by atoms with van der Waals surface area (Å²) in [6.45, 7) is 1.70. The van der Waals surface area contributed by atoms with Crippen LogP contribution in [-0.2, 0) is 16.0 Å². The number of benzene rings is 1. The predicted octanol–water partition coefficient (Wildman–Crippen LogP) is 2.90. The van der Waals surface area contributed by atoms with E-state index in [4.69, 9.17) is 4.74 Å². The smallest absolute Gasteiger partial charge is 0.336 e. The lowest BCUT2D eigenvalue weighted by Gasteiger charge is -2.20. The van der Waals surface area contributed by atoms with Gasteiger partial charge in [0.25, 0.3) is 5.91 Å². The third kappa shape index (κ3) is 4.37. The first-order valence-corrected chi connectivity index (χ1v) is 8.98. The van der Waals surface area contributed by atoms with Gasteiger partial charge in [-0.15, -0.1) is 11.3 Å². The fourth-order valence-corrected chi connectivity index (χ4v) is 3.18. The number of ether oxygens (including phenoxy) is 1. The summed E-state index contributed by atoms with van der Waals surface area (Å²) in [4.78, 5) is 35.8. The highest BCUT2D eigenvalue weighted by atomic mass is 32.1. The van der Waals surface area contributed by atoms with Crippen LogP contribution in [0.2, 0.25) is 0 Å². The van der Waals surface area contributed by atoms with Gasteiger partial charge in [0.15, 0.2) is 0 Å². The second-order valence-electron chi connectivity index (χ2n) is 6.15. The van der Waals surface area contributed by atoms with E-state index in [1.165, 1.54) is 17.4 Å². The van der Waals surface area contributed by atoms with Crippen LogP contribution < -0.4 is 15.4 Å². The molecule has 1 fully saturated rings. The SMILES string of the molecule is C[C@@]1(CCc2ccc(OC(=O)/C=C/c3cccs3)cc2)NC(=O)NC1=O. The highest BCUT2D eigenvalue weighted by molar-refractivity contribution is 7.10. The van der Waals surface area contributed by atoms with Gasteiger partial charge in [-0.1, -0.05) is 18.2 Å². The van der Waals surface area contributed by atoms with Crippen LogP contribution in [0, 0.1) is 0 Å². The average molecular weight is 370 g/mol. The van der Waals surface area contributed by atoms with Crippen LogP contribution in [0.5, 0.6) is 5.75 Å². The van der Waals surface area contributed by atoms with E-state index in [9.17, 15) is 14.4 Å². The third-order valence-corrected chi connectivity index (χ3v) is 4.94. The molecule has 2 heterocycles. The molecule has 3 rings (SSSR count). The molecule has 26 heavy (non-hydrogen) atoms. The summed E-state index contributed by atoms with van der Waals surface area (Å²) >= 11 is 1.54. The number of carbonyl (C=O) groups is 3. The molecular formula is C19H18N2O4S. The minimum Gasteiger partial charge on any atom is -0.423 e. The maximum absolute atomic E-state index is 11.8. The van der Waals surface area contributed by atoms with E-state index in [0.717, 1.165) is 10.4 Å². The number of esters is 1. The van der Waals surface area contributed by atoms with Gasteiger partial charge in [-0.3, -0.25) is 10.1 Å². The minimum atomic E-state index is -0.894. The molecule has 0 unspecified atom stereocenters. The fourth-order valence-electron chi connectivity index (χ4n) is 2.56. The van der Waals surface area contributed by atoms with Crippen molar-refractivity contribution in [3.63, 3.8) is 0 Å². The molecule has 2 N–H and O–H groups in total. The van der Waals surface area contributed by atoms with Gasteiger partial charge >= 0.3 is 12.0 Å². The number of rotatable bonds is 6. The first-order chi connectivity index (χ1) is 12.4. The third-order valence-electron chi connectivity index (χ3n) is 4.10. The highest BCUT2D eigenvalue weighted by Gasteiger charge is 2.41. The van der Waals surface area contributed by atoms with Crippen LogP contribution in [0.4, 0.5) is 4.79 Å². The van der Waals surface area contributed by atoms with Gasteiger partial charge in [0.1, 0.15) is 11.3 Å². The second kappa shape index (κ2) is 7.53. The van der Waals surface area contributed by atoms with Crippen LogP contribution >= 0.6 is 11.3 Å². The van der Waals surface area contributed by atoms with E-state index in [1.54, 1.807) is 25.1 Å². The minimum absolute atomic E-state index is 0.314. The molecule has 134 valence electrons. The zero-order chi connectivity index (χ0) is 18.6. The molecule has 3 amide bonds. The molecule has 1 aromatic carbocycles. The number of nitrogens with one attached hydrogen (secondary N) is 2. The lowest BCUT2D eigenvalue weighted by Crippen LogP contribution is -2.43. The van der Waals surface area contributed by atoms with Crippen molar-refractivity contribution in [2.24, 2.45) is 0 Å². The number of urea groups is 1. The molecule has 0 spiro atoms. The van der Waals surface area contributed by atoms with Gasteiger partial charge in [-0.2, -0.15) is 0 Å². The van der Waals surface area contributed by atoms with Crippen molar-refractivity contribution in [3.8, 4) is 5.75 Å². The van der Waals surface area contributed by atoms with E-state index in [2.05, 4.69) is 10.6 Å². The number of carbonyl (C=O) groups excluding carboxylic acids is 3. The van der Waals surface area contributed by atoms with Crippen LogP contribution in [0.15, 0.2) is 47.9 Å². The molecule has 0 radical (unpaired) electrons. The summed E-state index contributed by atoms with van der Waals surface area (Å²) < 4.78 is 5.25. The topological polar surface area (TPSA) is 84.5 Å². The fraction of sp³-hybridized carbons (Fsp3) is 0.211. The lowest BCUT2D eigenvalue weighted by molar-refractivity contribution is -0.129. The van der Waals surface area contributed by atoms with Gasteiger partial charge in [-0.05, 0) is 55.0 Å². The molecule has 0 bridgehead atoms. The van der Waals surface area contributed by atoms with E-state index in [1.807, 2.05) is 29.6 Å². The molecule has 1 aromatic heterocycles. The zero-order valence-corrected chi connectivity index (χ0v) is 15.0. The Morgan fingerprint density at radius 3 is 2.62 bits per heavy atom. The molecule has 2 aromatic rings. The quantitative estimate of drug-likeness (QED) is 0.354. The predicted molar refractivity (Wildman–Crippen MR) is 98.8 cm³/mol. The summed E-state index contributed by atoms with van der Waals surface area (Å²) in [5.74, 6) is -0.303. The zero-order valence-electron chi connectivity index (χ0n) is 14.2. The molecule has 0 saturated carbocycles. The molecule has 1 saturated heterocycles. The molecule has 0 aliphatic carbocycles. The molecule has 1 aliphatic rings. The summed E-state index contributed by atoms with van der Waals surface area (Å²) in [5, 5.41) is 6.82. The van der Waals surface area contributed by atoms with E-state index >= 15 is 0 Å². The monoisotopic (exact) mass is 370 g/mol. The van der Waals surface area contributed by atoms with Crippen molar-refractivity contribution in [2.75, 3.05) is 0 Å². The Kier molecular flexibility index (Phi) is 5.18. The average Bonchev–Trinajstić information content (AvgIpc) is 3.21. The van der Waals surface area contributed by atoms with Crippen LogP contribution in [-0.4, -0.2) is 23.4 Å². The number of hydrogen-bond acceptors (Lipinski definition) is 5. The Morgan fingerprint density at radius 2 is 2.00 bits per heavy atom. The summed E-state index contributed by atoms with van der Waals surface area (Å²) in [7, 11) is 0. The number of thiophene rings is 1. The Labute approximate surface area is 154 Å². The Morgan fingerprint density at radius 1 is 1.23 bits per heavy atom. The van der Waals surface area contributed by atoms with Crippen molar-refractivity contribution in [1.82, 2.24) is 10.6 Å². The van der Waals surface area contributed by atoms with Crippen molar-refractivity contribution >= 4 is 35.3 Å². The standard InChI is InChI=1S/C19H18N2O4S/c1-19(17(23)20-18(24)21-19)11-10-13-4-6-14(7-5-13)25-16(22)9-8-15-3-2-12-26-15/h2-9,12H,10-11H2,1H3,(H2,20,21,23,24)/b9-8+/t19-/m0/s1. The number of aryl methyl sites for hydroxylation is 1. The molecular weight excluding hydrogens is 352 g/mol. The maximum atomic E-state index is 11.8. The summed E-state index contributed by atoms with van der Waals surface area (Å²) in [5.41, 5.74) is 0.0866. The summed E-state index contributed by atoms with van der Waals surface area (Å²) in [6, 6.07) is 10.5. The van der Waals surface area contributed by atoms with Gasteiger partial charge in [0, 0.05) is 11.0 Å². The van der Waals surface area contributed by atoms with E-state index in [0.29, 0.717) is 18.6 Å². The van der Waals surface area contributed by atoms with Gasteiger partial charge in [-0.25, -0.2) is 9.59 Å². The lowest BCUT2D eigenvalue weighted by atomic mass is 9.93. The van der Waals surface area contributed by atoms with E-state index < -0.39 is 17.5 Å². The highest BCUT2D eigenvalue weighted by Crippen LogP contribution is 2.20. The van der Waals surface area contributed by atoms with Crippen LogP contribution in [0.25, 0.3) is 6.08 Å². The van der Waals surface area contributed by atoms with Crippen molar-refractivity contribution in [1.29, 1.82) is 0 Å². The van der Waals surface area contributed by atoms with Crippen LogP contribution in [0.1, 0.15) is 23.8 Å². The first-order valence-electron chi connectivity index (χ1n) is 8.10. The molecule has 6 nitrogen and oxygen atoms in total. The normalized spacial score (nSPS) is 19.4. The van der Waals surface area contributed by atoms with Gasteiger partial charge < -0.3 is 10.1 Å². The largest absolute Gasteiger partial charge is 0.423 e. The molecule has 1 aliphatic heterocycles. The van der Waals surface area contributed by atoms with E-state index in [-0.39, 0.29) is 5.91 Å².